The lowest BCUT2D eigenvalue weighted by Gasteiger charge is -2.38. The van der Waals surface area contributed by atoms with Crippen LogP contribution in [0.25, 0.3) is 0 Å². The van der Waals surface area contributed by atoms with Crippen LogP contribution in [-0.2, 0) is 21.3 Å². The summed E-state index contributed by atoms with van der Waals surface area (Å²) in [6.07, 6.45) is 0.605. The molecule has 2 N–H and O–H groups in total. The lowest BCUT2D eigenvalue weighted by Crippen LogP contribution is -2.52. The normalized spacial score (nSPS) is 21.1. The minimum Gasteiger partial charge on any atom is -0.444 e. The highest BCUT2D eigenvalue weighted by Gasteiger charge is 2.31. The molecule has 0 aliphatic carbocycles. The van der Waals surface area contributed by atoms with Gasteiger partial charge in [0.15, 0.2) is 0 Å². The van der Waals surface area contributed by atoms with Gasteiger partial charge in [0.05, 0.1) is 4.90 Å². The Labute approximate surface area is 162 Å². The predicted octanol–water partition coefficient (Wildman–Crippen LogP) is 2.33. The molecule has 0 spiro atoms. The van der Waals surface area contributed by atoms with Crippen LogP contribution in [0.4, 0.5) is 4.79 Å². The molecule has 0 bridgehead atoms. The standard InChI is InChI=1S/C19H31N3O4S/c1-14-9-10-22(18(23)26-19(2,3)4)13-17(14)21-12-15-7-6-8-16(11-15)27(24,25)20-5/h6-8,11,14,17,20-21H,9-10,12-13H2,1-5H3. The Kier molecular flexibility index (Phi) is 6.88. The van der Waals surface area contributed by atoms with E-state index in [9.17, 15) is 13.2 Å². The number of rotatable bonds is 5. The third-order valence-corrected chi connectivity index (χ3v) is 6.07. The SMILES string of the molecule is CNS(=O)(=O)c1cccc(CNC2CN(C(=O)OC(C)(C)C)CCC2C)c1. The number of sulfonamides is 1. The van der Waals surface area contributed by atoms with E-state index in [1.807, 2.05) is 26.8 Å². The van der Waals surface area contributed by atoms with Crippen LogP contribution in [0, 0.1) is 5.92 Å². The summed E-state index contributed by atoms with van der Waals surface area (Å²) in [6.45, 7) is 9.53. The van der Waals surface area contributed by atoms with E-state index in [-0.39, 0.29) is 17.0 Å². The fourth-order valence-electron chi connectivity index (χ4n) is 3.02. The molecule has 1 aliphatic heterocycles. The van der Waals surface area contributed by atoms with Crippen molar-refractivity contribution in [2.24, 2.45) is 5.92 Å². The summed E-state index contributed by atoms with van der Waals surface area (Å²) in [5.41, 5.74) is 0.371. The van der Waals surface area contributed by atoms with E-state index in [1.54, 1.807) is 23.1 Å². The maximum Gasteiger partial charge on any atom is 0.410 e. The zero-order valence-corrected chi connectivity index (χ0v) is 17.6. The third kappa shape index (κ3) is 6.19. The van der Waals surface area contributed by atoms with Crippen molar-refractivity contribution < 1.29 is 17.9 Å². The highest BCUT2D eigenvalue weighted by Crippen LogP contribution is 2.20. The van der Waals surface area contributed by atoms with Gasteiger partial charge in [-0.3, -0.25) is 0 Å². The van der Waals surface area contributed by atoms with Crippen LogP contribution >= 0.6 is 0 Å². The van der Waals surface area contributed by atoms with Crippen molar-refractivity contribution in [1.82, 2.24) is 14.9 Å². The average molecular weight is 398 g/mol. The van der Waals surface area contributed by atoms with E-state index < -0.39 is 15.6 Å². The lowest BCUT2D eigenvalue weighted by molar-refractivity contribution is 0.0147. The Morgan fingerprint density at radius 2 is 2.04 bits per heavy atom. The van der Waals surface area contributed by atoms with E-state index in [1.165, 1.54) is 7.05 Å². The Hall–Kier alpha value is -1.64. The van der Waals surface area contributed by atoms with Gasteiger partial charge in [0.1, 0.15) is 5.60 Å². The number of hydrogen-bond acceptors (Lipinski definition) is 5. The molecule has 7 nitrogen and oxygen atoms in total. The summed E-state index contributed by atoms with van der Waals surface area (Å²) in [6, 6.07) is 6.98. The molecule has 8 heteroatoms. The van der Waals surface area contributed by atoms with Crippen LogP contribution in [-0.4, -0.2) is 51.2 Å². The molecule has 2 unspecified atom stereocenters. The van der Waals surface area contributed by atoms with Gasteiger partial charge in [0.2, 0.25) is 10.0 Å². The van der Waals surface area contributed by atoms with Gasteiger partial charge >= 0.3 is 6.09 Å². The van der Waals surface area contributed by atoms with Crippen LogP contribution in [0.3, 0.4) is 0 Å². The zero-order valence-electron chi connectivity index (χ0n) is 16.8. The highest BCUT2D eigenvalue weighted by molar-refractivity contribution is 7.89. The van der Waals surface area contributed by atoms with E-state index in [4.69, 9.17) is 4.74 Å². The number of amides is 1. The van der Waals surface area contributed by atoms with Crippen molar-refractivity contribution in [3.63, 3.8) is 0 Å². The van der Waals surface area contributed by atoms with E-state index in [2.05, 4.69) is 17.0 Å². The molecule has 1 saturated heterocycles. The summed E-state index contributed by atoms with van der Waals surface area (Å²) in [4.78, 5) is 14.3. The van der Waals surface area contributed by atoms with Crippen molar-refractivity contribution >= 4 is 16.1 Å². The quantitative estimate of drug-likeness (QED) is 0.796. The Morgan fingerprint density at radius 3 is 2.67 bits per heavy atom. The summed E-state index contributed by atoms with van der Waals surface area (Å²) < 4.78 is 31.7. The van der Waals surface area contributed by atoms with Gasteiger partial charge in [-0.15, -0.1) is 0 Å². The molecular formula is C19H31N3O4S. The predicted molar refractivity (Wildman–Crippen MR) is 105 cm³/mol. The molecule has 152 valence electrons. The molecule has 0 saturated carbocycles. The number of ether oxygens (including phenoxy) is 1. The number of likely N-dealkylation sites (tertiary alicyclic amines) is 1. The zero-order chi connectivity index (χ0) is 20.2. The number of carbonyl (C=O) groups is 1. The number of nitrogens with one attached hydrogen (secondary N) is 2. The molecule has 1 fully saturated rings. The van der Waals surface area contributed by atoms with Crippen molar-refractivity contribution in [2.45, 2.75) is 57.2 Å². The van der Waals surface area contributed by atoms with Crippen LogP contribution in [0.15, 0.2) is 29.2 Å². The van der Waals surface area contributed by atoms with Gasteiger partial charge in [0, 0.05) is 25.7 Å². The summed E-state index contributed by atoms with van der Waals surface area (Å²) >= 11 is 0. The second kappa shape index (κ2) is 8.58. The van der Waals surface area contributed by atoms with Gasteiger partial charge in [-0.05, 0) is 57.9 Å². The topological polar surface area (TPSA) is 87.7 Å². The van der Waals surface area contributed by atoms with E-state index >= 15 is 0 Å². The average Bonchev–Trinajstić information content (AvgIpc) is 2.59. The van der Waals surface area contributed by atoms with Crippen molar-refractivity contribution in [3.05, 3.63) is 29.8 Å². The number of benzene rings is 1. The number of hydrogen-bond donors (Lipinski definition) is 2. The first-order valence-corrected chi connectivity index (χ1v) is 10.7. The largest absolute Gasteiger partial charge is 0.444 e. The van der Waals surface area contributed by atoms with Crippen LogP contribution in [0.1, 0.15) is 39.7 Å². The Bertz CT molecular complexity index is 758. The molecule has 2 rings (SSSR count). The van der Waals surface area contributed by atoms with Crippen LogP contribution < -0.4 is 10.0 Å². The first-order valence-electron chi connectivity index (χ1n) is 9.25. The fourth-order valence-corrected chi connectivity index (χ4v) is 3.82. The molecule has 1 heterocycles. The van der Waals surface area contributed by atoms with E-state index in [0.29, 0.717) is 25.6 Å². The van der Waals surface area contributed by atoms with Gasteiger partial charge < -0.3 is 15.0 Å². The molecule has 1 aromatic rings. The monoisotopic (exact) mass is 397 g/mol. The van der Waals surface area contributed by atoms with Crippen molar-refractivity contribution in [3.8, 4) is 0 Å². The number of nitrogens with zero attached hydrogens (tertiary/aromatic N) is 1. The second-order valence-electron chi connectivity index (χ2n) is 8.03. The second-order valence-corrected chi connectivity index (χ2v) is 9.92. The summed E-state index contributed by atoms with van der Waals surface area (Å²) in [5.74, 6) is 0.410. The molecular weight excluding hydrogens is 366 g/mol. The Balaban J connectivity index is 2.00. The molecule has 1 aliphatic rings. The van der Waals surface area contributed by atoms with Crippen LogP contribution in [0.5, 0.6) is 0 Å². The van der Waals surface area contributed by atoms with Crippen LogP contribution in [0.2, 0.25) is 0 Å². The van der Waals surface area contributed by atoms with Gasteiger partial charge in [-0.25, -0.2) is 17.9 Å². The van der Waals surface area contributed by atoms with Crippen molar-refractivity contribution in [2.75, 3.05) is 20.1 Å². The molecule has 1 amide bonds. The number of carbonyl (C=O) groups excluding carboxylic acids is 1. The van der Waals surface area contributed by atoms with Gasteiger partial charge in [0.25, 0.3) is 0 Å². The van der Waals surface area contributed by atoms with Gasteiger partial charge in [-0.1, -0.05) is 19.1 Å². The maximum absolute atomic E-state index is 12.3. The summed E-state index contributed by atoms with van der Waals surface area (Å²) in [7, 11) is -2.06. The number of piperidine rings is 1. The minimum absolute atomic E-state index is 0.121. The fraction of sp³-hybridized carbons (Fsp3) is 0.632. The van der Waals surface area contributed by atoms with E-state index in [0.717, 1.165) is 12.0 Å². The highest BCUT2D eigenvalue weighted by atomic mass is 32.2. The molecule has 0 radical (unpaired) electrons. The minimum atomic E-state index is -3.46. The first-order chi connectivity index (χ1) is 12.5. The maximum atomic E-state index is 12.3. The third-order valence-electron chi connectivity index (χ3n) is 4.66. The first kappa shape index (κ1) is 21.7. The molecule has 0 aromatic heterocycles. The molecule has 1 aromatic carbocycles. The summed E-state index contributed by atoms with van der Waals surface area (Å²) in [5, 5.41) is 3.47. The smallest absolute Gasteiger partial charge is 0.410 e. The Morgan fingerprint density at radius 1 is 1.33 bits per heavy atom. The molecule has 27 heavy (non-hydrogen) atoms. The molecule has 2 atom stereocenters. The van der Waals surface area contributed by atoms with Crippen molar-refractivity contribution in [1.29, 1.82) is 0 Å². The lowest BCUT2D eigenvalue weighted by atomic mass is 9.93. The van der Waals surface area contributed by atoms with Gasteiger partial charge in [-0.2, -0.15) is 0 Å².